The molecule has 1 aliphatic heterocycles. The van der Waals surface area contributed by atoms with Crippen molar-refractivity contribution in [2.45, 2.75) is 38.6 Å². The van der Waals surface area contributed by atoms with E-state index in [0.717, 1.165) is 16.9 Å². The maximum Gasteiger partial charge on any atom is 0.244 e. The van der Waals surface area contributed by atoms with Crippen molar-refractivity contribution in [3.05, 3.63) is 36.5 Å². The third-order valence-electron chi connectivity index (χ3n) is 4.41. The number of thiazole rings is 1. The number of nitrogens with one attached hydrogen (secondary N) is 1. The molecule has 26 heavy (non-hydrogen) atoms. The summed E-state index contributed by atoms with van der Waals surface area (Å²) in [5.74, 6) is -0.195. The highest BCUT2D eigenvalue weighted by molar-refractivity contribution is 7.89. The van der Waals surface area contributed by atoms with Gasteiger partial charge in [-0.1, -0.05) is 55.0 Å². The van der Waals surface area contributed by atoms with Gasteiger partial charge in [0, 0.05) is 12.7 Å². The molecule has 0 spiro atoms. The van der Waals surface area contributed by atoms with Gasteiger partial charge in [-0.15, -0.1) is 0 Å². The summed E-state index contributed by atoms with van der Waals surface area (Å²) in [6.45, 7) is 2.37. The fourth-order valence-corrected chi connectivity index (χ4v) is 5.74. The van der Waals surface area contributed by atoms with Gasteiger partial charge in [0.15, 0.2) is 5.13 Å². The van der Waals surface area contributed by atoms with E-state index in [0.29, 0.717) is 30.9 Å². The summed E-state index contributed by atoms with van der Waals surface area (Å²) < 4.78 is 26.3. The first-order valence-electron chi connectivity index (χ1n) is 8.83. The Balaban J connectivity index is 1.69. The first kappa shape index (κ1) is 19.0. The Kier molecular flexibility index (Phi) is 6.05. The van der Waals surface area contributed by atoms with Crippen LogP contribution in [-0.4, -0.2) is 42.0 Å². The van der Waals surface area contributed by atoms with E-state index < -0.39 is 16.1 Å². The second-order valence-electron chi connectivity index (χ2n) is 6.32. The quantitative estimate of drug-likeness (QED) is 0.782. The largest absolute Gasteiger partial charge is 0.301 e. The SMILES string of the molecule is CCCCS(=O)(=O)N1CCCC1C(=O)Nc1ncc(-c2ccccc2)s1. The van der Waals surface area contributed by atoms with Gasteiger partial charge in [-0.2, -0.15) is 4.31 Å². The number of sulfonamides is 1. The zero-order valence-electron chi connectivity index (χ0n) is 14.7. The van der Waals surface area contributed by atoms with Crippen LogP contribution in [0.15, 0.2) is 36.5 Å². The first-order valence-corrected chi connectivity index (χ1v) is 11.3. The molecule has 140 valence electrons. The highest BCUT2D eigenvalue weighted by Gasteiger charge is 2.38. The maximum atomic E-state index is 12.6. The fourth-order valence-electron chi connectivity index (χ4n) is 3.04. The molecule has 0 bridgehead atoms. The molecule has 1 aromatic carbocycles. The Morgan fingerprint density at radius 3 is 2.85 bits per heavy atom. The number of nitrogens with zero attached hydrogens (tertiary/aromatic N) is 2. The molecule has 3 rings (SSSR count). The van der Waals surface area contributed by atoms with Crippen LogP contribution in [0.5, 0.6) is 0 Å². The number of carbonyl (C=O) groups excluding carboxylic acids is 1. The van der Waals surface area contributed by atoms with Gasteiger partial charge >= 0.3 is 0 Å². The smallest absolute Gasteiger partial charge is 0.244 e. The van der Waals surface area contributed by atoms with E-state index in [4.69, 9.17) is 0 Å². The maximum absolute atomic E-state index is 12.6. The topological polar surface area (TPSA) is 79.4 Å². The molecule has 1 unspecified atom stereocenters. The van der Waals surface area contributed by atoms with Crippen molar-refractivity contribution < 1.29 is 13.2 Å². The zero-order chi connectivity index (χ0) is 18.6. The average molecular weight is 394 g/mol. The molecule has 1 N–H and O–H groups in total. The monoisotopic (exact) mass is 393 g/mol. The number of aromatic nitrogens is 1. The Morgan fingerprint density at radius 1 is 1.35 bits per heavy atom. The van der Waals surface area contributed by atoms with Crippen LogP contribution >= 0.6 is 11.3 Å². The summed E-state index contributed by atoms with van der Waals surface area (Å²) in [5.41, 5.74) is 1.04. The van der Waals surface area contributed by atoms with Crippen LogP contribution in [0, 0.1) is 0 Å². The van der Waals surface area contributed by atoms with Crippen LogP contribution in [0.25, 0.3) is 10.4 Å². The third kappa shape index (κ3) is 4.31. The lowest BCUT2D eigenvalue weighted by molar-refractivity contribution is -0.119. The lowest BCUT2D eigenvalue weighted by Crippen LogP contribution is -2.44. The number of anilines is 1. The van der Waals surface area contributed by atoms with Crippen LogP contribution in [0.2, 0.25) is 0 Å². The van der Waals surface area contributed by atoms with E-state index in [-0.39, 0.29) is 11.7 Å². The highest BCUT2D eigenvalue weighted by Crippen LogP contribution is 2.30. The molecule has 2 heterocycles. The molecule has 0 radical (unpaired) electrons. The lowest BCUT2D eigenvalue weighted by atomic mass is 10.2. The second-order valence-corrected chi connectivity index (χ2v) is 9.39. The number of hydrogen-bond donors (Lipinski definition) is 1. The van der Waals surface area contributed by atoms with Crippen molar-refractivity contribution in [3.63, 3.8) is 0 Å². The predicted octanol–water partition coefficient (Wildman–Crippen LogP) is 3.34. The molecule has 0 saturated carbocycles. The molecule has 6 nitrogen and oxygen atoms in total. The summed E-state index contributed by atoms with van der Waals surface area (Å²) in [5, 5.41) is 3.29. The van der Waals surface area contributed by atoms with Crippen molar-refractivity contribution in [2.24, 2.45) is 0 Å². The molecule has 1 aliphatic rings. The van der Waals surface area contributed by atoms with Crippen molar-refractivity contribution in [1.29, 1.82) is 0 Å². The fraction of sp³-hybridized carbons (Fsp3) is 0.444. The van der Waals surface area contributed by atoms with Gasteiger partial charge in [0.1, 0.15) is 6.04 Å². The number of benzene rings is 1. The Hall–Kier alpha value is -1.77. The van der Waals surface area contributed by atoms with Crippen LogP contribution in [0.3, 0.4) is 0 Å². The molecule has 0 aliphatic carbocycles. The van der Waals surface area contributed by atoms with E-state index in [1.54, 1.807) is 6.20 Å². The second kappa shape index (κ2) is 8.28. The van der Waals surface area contributed by atoms with Crippen molar-refractivity contribution in [1.82, 2.24) is 9.29 Å². The van der Waals surface area contributed by atoms with E-state index in [9.17, 15) is 13.2 Å². The molecular weight excluding hydrogens is 370 g/mol. The third-order valence-corrected chi connectivity index (χ3v) is 7.33. The zero-order valence-corrected chi connectivity index (χ0v) is 16.4. The Bertz CT molecular complexity index is 850. The molecule has 2 aromatic rings. The normalized spacial score (nSPS) is 18.1. The van der Waals surface area contributed by atoms with E-state index in [2.05, 4.69) is 10.3 Å². The summed E-state index contributed by atoms with van der Waals surface area (Å²) in [7, 11) is -3.39. The number of carbonyl (C=O) groups is 1. The summed E-state index contributed by atoms with van der Waals surface area (Å²) in [4.78, 5) is 17.9. The minimum absolute atomic E-state index is 0.0999. The minimum Gasteiger partial charge on any atom is -0.301 e. The van der Waals surface area contributed by atoms with E-state index >= 15 is 0 Å². The number of unbranched alkanes of at least 4 members (excludes halogenated alkanes) is 1. The molecule has 1 saturated heterocycles. The molecule has 1 aromatic heterocycles. The van der Waals surface area contributed by atoms with E-state index in [1.807, 2.05) is 37.3 Å². The van der Waals surface area contributed by atoms with Gasteiger partial charge in [-0.3, -0.25) is 4.79 Å². The average Bonchev–Trinajstić information content (AvgIpc) is 3.30. The van der Waals surface area contributed by atoms with Crippen LogP contribution < -0.4 is 5.32 Å². The molecular formula is C18H23N3O3S2. The molecule has 1 fully saturated rings. The number of amides is 1. The number of rotatable bonds is 7. The highest BCUT2D eigenvalue weighted by atomic mass is 32.2. The van der Waals surface area contributed by atoms with Gasteiger partial charge in [0.25, 0.3) is 0 Å². The predicted molar refractivity (Wildman–Crippen MR) is 105 cm³/mol. The van der Waals surface area contributed by atoms with Crippen molar-refractivity contribution in [2.75, 3.05) is 17.6 Å². The van der Waals surface area contributed by atoms with Gasteiger partial charge in [0.05, 0.1) is 10.6 Å². The van der Waals surface area contributed by atoms with Crippen molar-refractivity contribution >= 4 is 32.4 Å². The van der Waals surface area contributed by atoms with Crippen molar-refractivity contribution in [3.8, 4) is 10.4 Å². The van der Waals surface area contributed by atoms with E-state index in [1.165, 1.54) is 15.6 Å². The van der Waals surface area contributed by atoms with Crippen LogP contribution in [-0.2, 0) is 14.8 Å². The number of hydrogen-bond acceptors (Lipinski definition) is 5. The van der Waals surface area contributed by atoms with Crippen LogP contribution in [0.4, 0.5) is 5.13 Å². The van der Waals surface area contributed by atoms with Gasteiger partial charge < -0.3 is 5.32 Å². The molecule has 8 heteroatoms. The Labute approximate surface area is 158 Å². The first-order chi connectivity index (χ1) is 12.5. The van der Waals surface area contributed by atoms with Gasteiger partial charge in [-0.05, 0) is 24.8 Å². The van der Waals surface area contributed by atoms with Crippen LogP contribution in [0.1, 0.15) is 32.6 Å². The van der Waals surface area contributed by atoms with Gasteiger partial charge in [-0.25, -0.2) is 13.4 Å². The summed E-state index contributed by atoms with van der Waals surface area (Å²) >= 11 is 1.38. The molecule has 1 atom stereocenters. The lowest BCUT2D eigenvalue weighted by Gasteiger charge is -2.22. The molecule has 1 amide bonds. The Morgan fingerprint density at radius 2 is 2.12 bits per heavy atom. The summed E-state index contributed by atoms with van der Waals surface area (Å²) in [6.07, 6.45) is 4.40. The standard InChI is InChI=1S/C18H23N3O3S2/c1-2-3-12-26(23,24)21-11-7-10-15(21)17(22)20-18-19-13-16(25-18)14-8-5-4-6-9-14/h4-6,8-9,13,15H,2-3,7,10-12H2,1H3,(H,19,20,22). The minimum atomic E-state index is -3.39. The summed E-state index contributed by atoms with van der Waals surface area (Å²) in [6, 6.07) is 9.17. The van der Waals surface area contributed by atoms with Gasteiger partial charge in [0.2, 0.25) is 15.9 Å².